The largest absolute Gasteiger partial charge is 0.330 e. The van der Waals surface area contributed by atoms with Gasteiger partial charge in [-0.2, -0.15) is 0 Å². The van der Waals surface area contributed by atoms with E-state index < -0.39 is 0 Å². The van der Waals surface area contributed by atoms with Crippen LogP contribution in [0.25, 0.3) is 0 Å². The number of fused-ring (bicyclic) bond motifs is 1. The number of hydrogen-bond acceptors (Lipinski definition) is 4. The molecule has 0 saturated carbocycles. The van der Waals surface area contributed by atoms with Gasteiger partial charge in [-0.05, 0) is 26.3 Å². The predicted octanol–water partition coefficient (Wildman–Crippen LogP) is 1.24. The molecule has 2 unspecified atom stereocenters. The molecule has 2 fully saturated rings. The molecule has 0 spiro atoms. The topological polar surface area (TPSA) is 65.1 Å². The zero-order valence-electron chi connectivity index (χ0n) is 12.5. The van der Waals surface area contributed by atoms with Crippen molar-refractivity contribution in [3.8, 4) is 0 Å². The van der Waals surface area contributed by atoms with Gasteiger partial charge in [0.15, 0.2) is 0 Å². The van der Waals surface area contributed by atoms with E-state index in [9.17, 15) is 4.79 Å². The molecule has 1 N–H and O–H groups in total. The standard InChI is InChI=1S/C14H23N5O/c1-9(2)12-15-13(17-16-12)14(20)19-8-11-5-4-6-18(11)7-10(19)3/h9-11H,4-8H2,1-3H3,(H,15,16,17). The first-order valence-corrected chi connectivity index (χ1v) is 7.53. The van der Waals surface area contributed by atoms with Crippen molar-refractivity contribution in [3.05, 3.63) is 11.6 Å². The summed E-state index contributed by atoms with van der Waals surface area (Å²) in [5.74, 6) is 1.31. The van der Waals surface area contributed by atoms with Crippen molar-refractivity contribution in [3.63, 3.8) is 0 Å². The summed E-state index contributed by atoms with van der Waals surface area (Å²) in [6.45, 7) is 9.14. The van der Waals surface area contributed by atoms with E-state index in [-0.39, 0.29) is 17.9 Å². The molecule has 0 radical (unpaired) electrons. The van der Waals surface area contributed by atoms with Crippen molar-refractivity contribution >= 4 is 5.91 Å². The highest BCUT2D eigenvalue weighted by molar-refractivity contribution is 5.90. The molecule has 0 aromatic carbocycles. The number of carbonyl (C=O) groups is 1. The van der Waals surface area contributed by atoms with Crippen LogP contribution in [0, 0.1) is 0 Å². The number of piperazine rings is 1. The van der Waals surface area contributed by atoms with Crippen molar-refractivity contribution in [2.75, 3.05) is 19.6 Å². The van der Waals surface area contributed by atoms with Crippen LogP contribution in [0.1, 0.15) is 56.0 Å². The Morgan fingerprint density at radius 2 is 2.20 bits per heavy atom. The average molecular weight is 277 g/mol. The molecular weight excluding hydrogens is 254 g/mol. The van der Waals surface area contributed by atoms with Crippen LogP contribution in [0.5, 0.6) is 0 Å². The second-order valence-electron chi connectivity index (χ2n) is 6.30. The highest BCUT2D eigenvalue weighted by Gasteiger charge is 2.37. The third-order valence-corrected chi connectivity index (χ3v) is 4.44. The van der Waals surface area contributed by atoms with Gasteiger partial charge >= 0.3 is 0 Å². The zero-order chi connectivity index (χ0) is 14.3. The van der Waals surface area contributed by atoms with Crippen LogP contribution in [0.15, 0.2) is 0 Å². The fourth-order valence-electron chi connectivity index (χ4n) is 3.23. The van der Waals surface area contributed by atoms with Gasteiger partial charge in [0.25, 0.3) is 5.91 Å². The number of carbonyl (C=O) groups excluding carboxylic acids is 1. The summed E-state index contributed by atoms with van der Waals surface area (Å²) in [5.41, 5.74) is 0. The number of aromatic nitrogens is 3. The van der Waals surface area contributed by atoms with Gasteiger partial charge in [0, 0.05) is 31.1 Å². The third-order valence-electron chi connectivity index (χ3n) is 4.44. The van der Waals surface area contributed by atoms with Gasteiger partial charge < -0.3 is 4.90 Å². The molecule has 6 nitrogen and oxygen atoms in total. The van der Waals surface area contributed by atoms with Crippen molar-refractivity contribution in [1.29, 1.82) is 0 Å². The quantitative estimate of drug-likeness (QED) is 0.883. The van der Waals surface area contributed by atoms with Gasteiger partial charge in [-0.3, -0.25) is 14.8 Å². The number of amides is 1. The summed E-state index contributed by atoms with van der Waals surface area (Å²) >= 11 is 0. The minimum Gasteiger partial charge on any atom is -0.330 e. The van der Waals surface area contributed by atoms with E-state index in [2.05, 4.69) is 27.0 Å². The van der Waals surface area contributed by atoms with Crippen molar-refractivity contribution in [2.24, 2.45) is 0 Å². The predicted molar refractivity (Wildman–Crippen MR) is 75.6 cm³/mol. The normalized spacial score (nSPS) is 27.1. The maximum Gasteiger partial charge on any atom is 0.293 e. The van der Waals surface area contributed by atoms with Crippen LogP contribution in [-0.4, -0.2) is 62.6 Å². The van der Waals surface area contributed by atoms with Crippen molar-refractivity contribution in [1.82, 2.24) is 25.0 Å². The Kier molecular flexibility index (Phi) is 3.50. The fourth-order valence-corrected chi connectivity index (χ4v) is 3.23. The molecule has 0 aliphatic carbocycles. The number of H-pyrrole nitrogens is 1. The summed E-state index contributed by atoms with van der Waals surface area (Å²) in [6, 6.07) is 0.761. The lowest BCUT2D eigenvalue weighted by Crippen LogP contribution is -2.56. The molecular formula is C14H23N5O. The summed E-state index contributed by atoms with van der Waals surface area (Å²) in [7, 11) is 0. The Balaban J connectivity index is 1.75. The molecule has 110 valence electrons. The van der Waals surface area contributed by atoms with Crippen molar-refractivity contribution < 1.29 is 4.79 Å². The molecule has 2 aliphatic heterocycles. The molecule has 0 bridgehead atoms. The van der Waals surface area contributed by atoms with E-state index in [1.165, 1.54) is 19.4 Å². The van der Waals surface area contributed by atoms with Gasteiger partial charge in [0.2, 0.25) is 5.82 Å². The van der Waals surface area contributed by atoms with E-state index in [1.807, 2.05) is 18.7 Å². The Bertz CT molecular complexity index is 498. The third kappa shape index (κ3) is 2.32. The van der Waals surface area contributed by atoms with E-state index >= 15 is 0 Å². The van der Waals surface area contributed by atoms with Crippen LogP contribution in [0.3, 0.4) is 0 Å². The van der Waals surface area contributed by atoms with Gasteiger partial charge in [-0.1, -0.05) is 13.8 Å². The highest BCUT2D eigenvalue weighted by Crippen LogP contribution is 2.25. The molecule has 6 heteroatoms. The van der Waals surface area contributed by atoms with Gasteiger partial charge in [-0.25, -0.2) is 4.98 Å². The Hall–Kier alpha value is -1.43. The molecule has 3 rings (SSSR count). The van der Waals surface area contributed by atoms with E-state index in [1.54, 1.807) is 0 Å². The van der Waals surface area contributed by atoms with E-state index in [0.29, 0.717) is 11.9 Å². The fraction of sp³-hybridized carbons (Fsp3) is 0.786. The lowest BCUT2D eigenvalue weighted by molar-refractivity contribution is 0.0385. The summed E-state index contributed by atoms with van der Waals surface area (Å²) in [4.78, 5) is 21.4. The number of nitrogens with zero attached hydrogens (tertiary/aromatic N) is 4. The number of rotatable bonds is 2. The molecule has 2 saturated heterocycles. The smallest absolute Gasteiger partial charge is 0.293 e. The molecule has 2 aliphatic rings. The Labute approximate surface area is 119 Å². The summed E-state index contributed by atoms with van der Waals surface area (Å²) < 4.78 is 0. The second-order valence-corrected chi connectivity index (χ2v) is 6.30. The van der Waals surface area contributed by atoms with E-state index in [4.69, 9.17) is 0 Å². The van der Waals surface area contributed by atoms with Gasteiger partial charge in [0.1, 0.15) is 5.82 Å². The molecule has 1 amide bonds. The first-order chi connectivity index (χ1) is 9.56. The molecule has 3 heterocycles. The lowest BCUT2D eigenvalue weighted by atomic mass is 10.1. The second kappa shape index (κ2) is 5.16. The van der Waals surface area contributed by atoms with Crippen LogP contribution in [0.2, 0.25) is 0 Å². The maximum absolute atomic E-state index is 12.6. The molecule has 20 heavy (non-hydrogen) atoms. The van der Waals surface area contributed by atoms with Crippen LogP contribution < -0.4 is 0 Å². The highest BCUT2D eigenvalue weighted by atomic mass is 16.2. The van der Waals surface area contributed by atoms with Gasteiger partial charge in [-0.15, -0.1) is 5.10 Å². The van der Waals surface area contributed by atoms with E-state index in [0.717, 1.165) is 18.9 Å². The number of aromatic amines is 1. The first-order valence-electron chi connectivity index (χ1n) is 7.53. The summed E-state index contributed by atoms with van der Waals surface area (Å²) in [5, 5.41) is 6.96. The maximum atomic E-state index is 12.6. The molecule has 1 aromatic heterocycles. The average Bonchev–Trinajstić information content (AvgIpc) is 3.05. The minimum atomic E-state index is -0.0350. The van der Waals surface area contributed by atoms with Crippen molar-refractivity contribution in [2.45, 2.75) is 51.6 Å². The van der Waals surface area contributed by atoms with Crippen LogP contribution in [0.4, 0.5) is 0 Å². The number of hydrogen-bond donors (Lipinski definition) is 1. The van der Waals surface area contributed by atoms with Gasteiger partial charge in [0.05, 0.1) is 0 Å². The Morgan fingerprint density at radius 1 is 1.40 bits per heavy atom. The molecule has 2 atom stereocenters. The SMILES string of the molecule is CC(C)c1nc(C(=O)N2CC3CCCN3CC2C)n[nH]1. The Morgan fingerprint density at radius 3 is 2.90 bits per heavy atom. The van der Waals surface area contributed by atoms with Crippen LogP contribution in [-0.2, 0) is 0 Å². The number of nitrogens with one attached hydrogen (secondary N) is 1. The molecule has 1 aromatic rings. The first kappa shape index (κ1) is 13.5. The monoisotopic (exact) mass is 277 g/mol. The summed E-state index contributed by atoms with van der Waals surface area (Å²) in [6.07, 6.45) is 2.44. The van der Waals surface area contributed by atoms with Crippen LogP contribution >= 0.6 is 0 Å². The minimum absolute atomic E-state index is 0.0350. The zero-order valence-corrected chi connectivity index (χ0v) is 12.5. The lowest BCUT2D eigenvalue weighted by Gasteiger charge is -2.41.